The molecule has 0 spiro atoms. The molecule has 0 fully saturated rings. The van der Waals surface area contributed by atoms with Gasteiger partial charge in [0.05, 0.1) is 27.4 Å². The number of anilines is 1. The van der Waals surface area contributed by atoms with Gasteiger partial charge in [-0.2, -0.15) is 5.10 Å². The van der Waals surface area contributed by atoms with Crippen LogP contribution in [0.3, 0.4) is 0 Å². The molecule has 0 aliphatic carbocycles. The number of aromatic nitrogens is 2. The van der Waals surface area contributed by atoms with Crippen molar-refractivity contribution in [3.05, 3.63) is 101 Å². The minimum absolute atomic E-state index is 0.101. The Hall–Kier alpha value is -3.62. The predicted octanol–water partition coefficient (Wildman–Crippen LogP) is 6.27. The lowest BCUT2D eigenvalue weighted by atomic mass is 9.99. The van der Waals surface area contributed by atoms with Gasteiger partial charge in [-0.3, -0.25) is 14.5 Å². The van der Waals surface area contributed by atoms with Gasteiger partial charge in [0.1, 0.15) is 18.2 Å². The molecule has 3 aromatic carbocycles. The molecule has 2 heterocycles. The van der Waals surface area contributed by atoms with Crippen LogP contribution in [0.5, 0.6) is 0 Å². The third-order valence-corrected chi connectivity index (χ3v) is 7.95. The minimum Gasteiger partial charge on any atom is -0.354 e. The molecule has 0 saturated heterocycles. The number of carbonyl (C=O) groups is 2. The molecule has 9 heteroatoms. The molecule has 0 saturated carbocycles. The zero-order chi connectivity index (χ0) is 27.5. The second-order valence-corrected chi connectivity index (χ2v) is 11.2. The summed E-state index contributed by atoms with van der Waals surface area (Å²) in [5.74, 6) is -0.0705. The van der Waals surface area contributed by atoms with Crippen molar-refractivity contribution < 1.29 is 14.0 Å². The Bertz CT molecular complexity index is 1510. The third kappa shape index (κ3) is 5.72. The number of para-hydroxylation sites is 1. The smallest absolute Gasteiger partial charge is 0.240 e. The fourth-order valence-electron chi connectivity index (χ4n) is 4.57. The maximum absolute atomic E-state index is 14.4. The summed E-state index contributed by atoms with van der Waals surface area (Å²) in [6.07, 6.45) is 0. The van der Waals surface area contributed by atoms with Gasteiger partial charge < -0.3 is 5.32 Å². The van der Waals surface area contributed by atoms with E-state index in [0.29, 0.717) is 34.3 Å². The van der Waals surface area contributed by atoms with Crippen LogP contribution < -0.4 is 10.2 Å². The molecular weight excluding hydrogens is 535 g/mol. The molecule has 1 aliphatic heterocycles. The number of halogens is 2. The molecule has 2 amide bonds. The maximum atomic E-state index is 14.4. The Balaban J connectivity index is 1.78. The molecule has 0 bridgehead atoms. The SMILES string of the molecule is CC(C)CNC(=O)CN1C(=O)CSC(c2cccc(F)c2)c2c(-c3ccccc3)nn(-c3ccccc3Cl)c21. The summed E-state index contributed by atoms with van der Waals surface area (Å²) in [4.78, 5) is 28.2. The Labute approximate surface area is 236 Å². The lowest BCUT2D eigenvalue weighted by molar-refractivity contribution is -0.123. The summed E-state index contributed by atoms with van der Waals surface area (Å²) in [5, 5.41) is 7.94. The van der Waals surface area contributed by atoms with Crippen LogP contribution in [0.15, 0.2) is 78.9 Å². The first kappa shape index (κ1) is 27.0. The third-order valence-electron chi connectivity index (χ3n) is 6.38. The fraction of sp³-hybridized carbons (Fsp3) is 0.233. The number of rotatable bonds is 7. The first-order valence-corrected chi connectivity index (χ1v) is 14.1. The zero-order valence-electron chi connectivity index (χ0n) is 21.6. The normalized spacial score (nSPS) is 15.3. The van der Waals surface area contributed by atoms with E-state index < -0.39 is 5.25 Å². The van der Waals surface area contributed by atoms with Gasteiger partial charge in [-0.25, -0.2) is 9.07 Å². The van der Waals surface area contributed by atoms with Crippen LogP contribution in [0.25, 0.3) is 16.9 Å². The Morgan fingerprint density at radius 2 is 1.85 bits per heavy atom. The molecular formula is C30H28ClFN4O2S. The predicted molar refractivity (Wildman–Crippen MR) is 155 cm³/mol. The number of hydrogen-bond donors (Lipinski definition) is 1. The quantitative estimate of drug-likeness (QED) is 0.288. The Morgan fingerprint density at radius 1 is 1.10 bits per heavy atom. The van der Waals surface area contributed by atoms with Crippen molar-refractivity contribution in [1.82, 2.24) is 15.1 Å². The van der Waals surface area contributed by atoms with Crippen LogP contribution in [-0.2, 0) is 9.59 Å². The number of nitrogens with one attached hydrogen (secondary N) is 1. The summed E-state index contributed by atoms with van der Waals surface area (Å²) in [5.41, 5.74) is 3.47. The highest BCUT2D eigenvalue weighted by atomic mass is 35.5. The van der Waals surface area contributed by atoms with Crippen LogP contribution in [0.2, 0.25) is 5.02 Å². The molecule has 1 unspecified atom stereocenters. The zero-order valence-corrected chi connectivity index (χ0v) is 23.2. The van der Waals surface area contributed by atoms with Gasteiger partial charge in [0.25, 0.3) is 0 Å². The summed E-state index contributed by atoms with van der Waals surface area (Å²) < 4.78 is 16.1. The van der Waals surface area contributed by atoms with Crippen LogP contribution in [0.4, 0.5) is 10.2 Å². The molecule has 6 nitrogen and oxygen atoms in total. The van der Waals surface area contributed by atoms with E-state index in [2.05, 4.69) is 5.32 Å². The Morgan fingerprint density at radius 3 is 2.56 bits per heavy atom. The summed E-state index contributed by atoms with van der Waals surface area (Å²) in [6.45, 7) is 4.33. The van der Waals surface area contributed by atoms with Gasteiger partial charge >= 0.3 is 0 Å². The molecule has 1 aliphatic rings. The van der Waals surface area contributed by atoms with Crippen molar-refractivity contribution in [3.63, 3.8) is 0 Å². The van der Waals surface area contributed by atoms with Crippen LogP contribution >= 0.6 is 23.4 Å². The molecule has 1 aromatic heterocycles. The van der Waals surface area contributed by atoms with Gasteiger partial charge in [0, 0.05) is 17.7 Å². The van der Waals surface area contributed by atoms with E-state index in [-0.39, 0.29) is 35.8 Å². The number of nitrogens with zero attached hydrogens (tertiary/aromatic N) is 3. The Kier molecular flexibility index (Phi) is 8.04. The molecule has 0 radical (unpaired) electrons. The highest BCUT2D eigenvalue weighted by Gasteiger charge is 2.38. The van der Waals surface area contributed by atoms with Crippen LogP contribution in [0, 0.1) is 11.7 Å². The summed E-state index contributed by atoms with van der Waals surface area (Å²) in [7, 11) is 0. The van der Waals surface area contributed by atoms with Gasteiger partial charge in [-0.05, 0) is 35.7 Å². The molecule has 39 heavy (non-hydrogen) atoms. The van der Waals surface area contributed by atoms with Crippen molar-refractivity contribution in [2.75, 3.05) is 23.7 Å². The van der Waals surface area contributed by atoms with Crippen molar-refractivity contribution in [3.8, 4) is 16.9 Å². The van der Waals surface area contributed by atoms with E-state index in [1.54, 1.807) is 16.8 Å². The van der Waals surface area contributed by atoms with Crippen molar-refractivity contribution >= 4 is 41.0 Å². The fourth-order valence-corrected chi connectivity index (χ4v) is 5.97. The number of fused-ring (bicyclic) bond motifs is 1. The van der Waals surface area contributed by atoms with Crippen molar-refractivity contribution in [2.45, 2.75) is 19.1 Å². The van der Waals surface area contributed by atoms with Crippen molar-refractivity contribution in [1.29, 1.82) is 0 Å². The van der Waals surface area contributed by atoms with E-state index in [9.17, 15) is 14.0 Å². The van der Waals surface area contributed by atoms with E-state index in [0.717, 1.165) is 11.1 Å². The number of carbonyl (C=O) groups excluding carboxylic acids is 2. The highest BCUT2D eigenvalue weighted by molar-refractivity contribution is 8.00. The van der Waals surface area contributed by atoms with Crippen LogP contribution in [-0.4, -0.2) is 40.4 Å². The van der Waals surface area contributed by atoms with E-state index >= 15 is 0 Å². The average molecular weight is 563 g/mol. The second kappa shape index (κ2) is 11.6. The van der Waals surface area contributed by atoms with Crippen molar-refractivity contribution in [2.24, 2.45) is 5.92 Å². The first-order valence-electron chi connectivity index (χ1n) is 12.7. The maximum Gasteiger partial charge on any atom is 0.240 e. The number of amides is 2. The second-order valence-electron chi connectivity index (χ2n) is 9.74. The van der Waals surface area contributed by atoms with Gasteiger partial charge in [-0.15, -0.1) is 11.8 Å². The summed E-state index contributed by atoms with van der Waals surface area (Å²) >= 11 is 8.04. The summed E-state index contributed by atoms with van der Waals surface area (Å²) in [6, 6.07) is 23.3. The van der Waals surface area contributed by atoms with Gasteiger partial charge in [-0.1, -0.05) is 80.0 Å². The van der Waals surface area contributed by atoms with Gasteiger partial charge in [0.2, 0.25) is 11.8 Å². The number of thioether (sulfide) groups is 1. The average Bonchev–Trinajstić information content (AvgIpc) is 3.24. The highest BCUT2D eigenvalue weighted by Crippen LogP contribution is 2.48. The topological polar surface area (TPSA) is 67.2 Å². The molecule has 1 N–H and O–H groups in total. The van der Waals surface area contributed by atoms with E-state index in [1.807, 2.05) is 68.4 Å². The lowest BCUT2D eigenvalue weighted by Crippen LogP contribution is -2.43. The standard InChI is InChI=1S/C30H28ClFN4O2S/c1-19(2)16-33-25(37)17-35-26(38)18-39-29(21-11-8-12-22(32)15-21)27-28(20-9-4-3-5-10-20)34-36(30(27)35)24-14-7-6-13-23(24)31/h3-15,19,29H,16-18H2,1-2H3,(H,33,37). The number of hydrogen-bond acceptors (Lipinski definition) is 4. The monoisotopic (exact) mass is 562 g/mol. The first-order chi connectivity index (χ1) is 18.8. The van der Waals surface area contributed by atoms with E-state index in [1.165, 1.54) is 28.8 Å². The lowest BCUT2D eigenvalue weighted by Gasteiger charge is -2.23. The minimum atomic E-state index is -0.421. The molecule has 1 atom stereocenters. The number of benzene rings is 3. The molecule has 200 valence electrons. The van der Waals surface area contributed by atoms with E-state index in [4.69, 9.17) is 16.7 Å². The van der Waals surface area contributed by atoms with Crippen LogP contribution in [0.1, 0.15) is 30.2 Å². The molecule has 5 rings (SSSR count). The van der Waals surface area contributed by atoms with Gasteiger partial charge in [0.15, 0.2) is 0 Å². The largest absolute Gasteiger partial charge is 0.354 e. The molecule has 4 aromatic rings.